The van der Waals surface area contributed by atoms with Gasteiger partial charge in [-0.25, -0.2) is 0 Å². The van der Waals surface area contributed by atoms with Crippen molar-refractivity contribution in [3.8, 4) is 0 Å². The average molecular weight is 317 g/mol. The number of rotatable bonds is 4. The van der Waals surface area contributed by atoms with Crippen LogP contribution in [-0.4, -0.2) is 34.3 Å². The number of aromatic nitrogens is 2. The van der Waals surface area contributed by atoms with Crippen molar-refractivity contribution in [1.29, 1.82) is 0 Å². The van der Waals surface area contributed by atoms with E-state index in [1.54, 1.807) is 11.3 Å². The Hall–Kier alpha value is -1.30. The van der Waals surface area contributed by atoms with Gasteiger partial charge < -0.3 is 4.74 Å². The Bertz CT molecular complexity index is 599. The van der Waals surface area contributed by atoms with Crippen molar-refractivity contribution in [2.24, 2.45) is 5.92 Å². The number of hydrogen-bond donors (Lipinski definition) is 0. The van der Waals surface area contributed by atoms with Crippen LogP contribution in [0.15, 0.2) is 30.3 Å². The molecule has 0 N–H and O–H groups in total. The summed E-state index contributed by atoms with van der Waals surface area (Å²) in [5.74, 6) is 0.505. The third kappa shape index (κ3) is 3.72. The third-order valence-electron chi connectivity index (χ3n) is 4.04. The minimum absolute atomic E-state index is 0.136. The van der Waals surface area contributed by atoms with Crippen LogP contribution in [0.2, 0.25) is 0 Å². The average Bonchev–Trinajstić information content (AvgIpc) is 2.93. The van der Waals surface area contributed by atoms with Crippen LogP contribution in [0, 0.1) is 12.8 Å². The quantitative estimate of drug-likeness (QED) is 0.866. The van der Waals surface area contributed by atoms with Crippen LogP contribution in [0.1, 0.15) is 35.5 Å². The van der Waals surface area contributed by atoms with Crippen molar-refractivity contribution in [1.82, 2.24) is 15.1 Å². The fourth-order valence-corrected chi connectivity index (χ4v) is 3.55. The summed E-state index contributed by atoms with van der Waals surface area (Å²) < 4.78 is 6.33. The van der Waals surface area contributed by atoms with Gasteiger partial charge in [0.25, 0.3) is 0 Å². The van der Waals surface area contributed by atoms with E-state index >= 15 is 0 Å². The van der Waals surface area contributed by atoms with Gasteiger partial charge in [0, 0.05) is 13.1 Å². The van der Waals surface area contributed by atoms with E-state index in [0.29, 0.717) is 5.92 Å². The number of hydrogen-bond acceptors (Lipinski definition) is 5. The molecule has 3 rings (SSSR count). The summed E-state index contributed by atoms with van der Waals surface area (Å²) in [4.78, 5) is 2.45. The summed E-state index contributed by atoms with van der Waals surface area (Å²) in [6.07, 6.45) is 0.393. The van der Waals surface area contributed by atoms with Gasteiger partial charge in [-0.15, -0.1) is 21.5 Å². The van der Waals surface area contributed by atoms with E-state index in [1.165, 1.54) is 5.56 Å². The van der Waals surface area contributed by atoms with Crippen molar-refractivity contribution in [2.75, 3.05) is 13.1 Å². The number of benzene rings is 1. The molecule has 5 heteroatoms. The largest absolute Gasteiger partial charge is 0.367 e. The van der Waals surface area contributed by atoms with Gasteiger partial charge in [-0.3, -0.25) is 4.90 Å². The van der Waals surface area contributed by atoms with E-state index < -0.39 is 0 Å². The van der Waals surface area contributed by atoms with Crippen molar-refractivity contribution >= 4 is 11.3 Å². The first kappa shape index (κ1) is 15.6. The molecule has 2 aromatic rings. The third-order valence-corrected chi connectivity index (χ3v) is 4.87. The van der Waals surface area contributed by atoms with E-state index in [1.807, 2.05) is 13.0 Å². The SMILES string of the molecule is Cc1nnc(CN2C[C@@H](c3ccccc3)O[C@@H](C(C)C)C2)s1. The first-order valence-electron chi connectivity index (χ1n) is 7.83. The Balaban J connectivity index is 1.75. The number of ether oxygens (including phenoxy) is 1. The van der Waals surface area contributed by atoms with Crippen LogP contribution in [0.3, 0.4) is 0 Å². The lowest BCUT2D eigenvalue weighted by molar-refractivity contribution is -0.107. The molecule has 2 atom stereocenters. The molecule has 1 aromatic heterocycles. The van der Waals surface area contributed by atoms with Crippen molar-refractivity contribution in [3.63, 3.8) is 0 Å². The van der Waals surface area contributed by atoms with Crippen LogP contribution in [0.25, 0.3) is 0 Å². The van der Waals surface area contributed by atoms with Crippen molar-refractivity contribution in [2.45, 2.75) is 39.5 Å². The van der Waals surface area contributed by atoms with E-state index in [0.717, 1.165) is 29.6 Å². The summed E-state index contributed by atoms with van der Waals surface area (Å²) in [6.45, 7) is 9.19. The normalized spacial score (nSPS) is 23.1. The monoisotopic (exact) mass is 317 g/mol. The topological polar surface area (TPSA) is 38.2 Å². The van der Waals surface area contributed by atoms with Gasteiger partial charge in [0.15, 0.2) is 0 Å². The van der Waals surface area contributed by atoms with Crippen molar-refractivity contribution < 1.29 is 4.74 Å². The molecule has 0 spiro atoms. The molecule has 1 aromatic carbocycles. The molecule has 1 fully saturated rings. The Kier molecular flexibility index (Phi) is 4.86. The van der Waals surface area contributed by atoms with Crippen LogP contribution in [-0.2, 0) is 11.3 Å². The van der Waals surface area contributed by atoms with Gasteiger partial charge in [-0.2, -0.15) is 0 Å². The lowest BCUT2D eigenvalue weighted by Crippen LogP contribution is -2.45. The highest BCUT2D eigenvalue weighted by Gasteiger charge is 2.30. The highest BCUT2D eigenvalue weighted by Crippen LogP contribution is 2.29. The van der Waals surface area contributed by atoms with Crippen LogP contribution >= 0.6 is 11.3 Å². The maximum Gasteiger partial charge on any atom is 0.131 e. The molecule has 0 unspecified atom stereocenters. The zero-order chi connectivity index (χ0) is 15.5. The molecule has 1 aliphatic heterocycles. The van der Waals surface area contributed by atoms with E-state index in [9.17, 15) is 0 Å². The predicted molar refractivity (Wildman–Crippen MR) is 88.8 cm³/mol. The van der Waals surface area contributed by atoms with Crippen molar-refractivity contribution in [3.05, 3.63) is 45.9 Å². The molecule has 0 radical (unpaired) electrons. The van der Waals surface area contributed by atoms with E-state index in [-0.39, 0.29) is 12.2 Å². The van der Waals surface area contributed by atoms with E-state index in [2.05, 4.69) is 53.2 Å². The second-order valence-electron chi connectivity index (χ2n) is 6.23. The number of aryl methyl sites for hydroxylation is 1. The van der Waals surface area contributed by atoms with Crippen LogP contribution < -0.4 is 0 Å². The highest BCUT2D eigenvalue weighted by molar-refractivity contribution is 7.11. The summed E-state index contributed by atoms with van der Waals surface area (Å²) in [5, 5.41) is 10.5. The summed E-state index contributed by atoms with van der Waals surface area (Å²) >= 11 is 1.68. The van der Waals surface area contributed by atoms with Gasteiger partial charge in [0.05, 0.1) is 18.8 Å². The minimum Gasteiger partial charge on any atom is -0.367 e. The fourth-order valence-electron chi connectivity index (χ4n) is 2.80. The molecular formula is C17H23N3OS. The molecule has 0 saturated carbocycles. The summed E-state index contributed by atoms with van der Waals surface area (Å²) in [6, 6.07) is 10.5. The minimum atomic E-state index is 0.136. The summed E-state index contributed by atoms with van der Waals surface area (Å²) in [5.41, 5.74) is 1.26. The van der Waals surface area contributed by atoms with Crippen LogP contribution in [0.4, 0.5) is 0 Å². The molecule has 0 bridgehead atoms. The molecule has 118 valence electrons. The molecule has 1 aliphatic rings. The molecule has 4 nitrogen and oxygen atoms in total. The van der Waals surface area contributed by atoms with Gasteiger partial charge in [0.2, 0.25) is 0 Å². The highest BCUT2D eigenvalue weighted by atomic mass is 32.1. The smallest absolute Gasteiger partial charge is 0.131 e. The zero-order valence-electron chi connectivity index (χ0n) is 13.4. The maximum atomic E-state index is 6.33. The summed E-state index contributed by atoms with van der Waals surface area (Å²) in [7, 11) is 0. The van der Waals surface area contributed by atoms with Gasteiger partial charge >= 0.3 is 0 Å². The molecule has 2 heterocycles. The number of morpholine rings is 1. The second-order valence-corrected chi connectivity index (χ2v) is 7.49. The second kappa shape index (κ2) is 6.86. The molecule has 0 aliphatic carbocycles. The Labute approximate surface area is 136 Å². The van der Waals surface area contributed by atoms with Gasteiger partial charge in [-0.1, -0.05) is 44.2 Å². The lowest BCUT2D eigenvalue weighted by Gasteiger charge is -2.39. The molecule has 22 heavy (non-hydrogen) atoms. The molecule has 0 amide bonds. The van der Waals surface area contributed by atoms with Gasteiger partial charge in [-0.05, 0) is 18.4 Å². The Morgan fingerprint density at radius 2 is 2.00 bits per heavy atom. The Morgan fingerprint density at radius 3 is 2.64 bits per heavy atom. The zero-order valence-corrected chi connectivity index (χ0v) is 14.2. The lowest BCUT2D eigenvalue weighted by atomic mass is 10.0. The number of nitrogens with zero attached hydrogens (tertiary/aromatic N) is 3. The predicted octanol–water partition coefficient (Wildman–Crippen LogP) is 3.44. The van der Waals surface area contributed by atoms with E-state index in [4.69, 9.17) is 4.74 Å². The maximum absolute atomic E-state index is 6.33. The standard InChI is InChI=1S/C17H23N3OS/c1-12(2)15-9-20(11-17-19-18-13(3)22-17)10-16(21-15)14-7-5-4-6-8-14/h4-8,12,15-16H,9-11H2,1-3H3/t15-,16+/m1/s1. The first-order valence-corrected chi connectivity index (χ1v) is 8.65. The van der Waals surface area contributed by atoms with Gasteiger partial charge in [0.1, 0.15) is 10.0 Å². The first-order chi connectivity index (χ1) is 10.6. The fraction of sp³-hybridized carbons (Fsp3) is 0.529. The molecule has 1 saturated heterocycles. The molecular weight excluding hydrogens is 294 g/mol. The van der Waals surface area contributed by atoms with Crippen LogP contribution in [0.5, 0.6) is 0 Å². The Morgan fingerprint density at radius 1 is 1.23 bits per heavy atom.